The number of hydrogen-bond donors (Lipinski definition) is 2. The van der Waals surface area contributed by atoms with Gasteiger partial charge in [-0.2, -0.15) is 0 Å². The third-order valence-corrected chi connectivity index (χ3v) is 3.67. The summed E-state index contributed by atoms with van der Waals surface area (Å²) in [4.78, 5) is 14.3. The Morgan fingerprint density at radius 1 is 1.43 bits per heavy atom. The Kier molecular flexibility index (Phi) is 7.02. The lowest BCUT2D eigenvalue weighted by Crippen LogP contribution is -2.40. The van der Waals surface area contributed by atoms with E-state index in [1.165, 1.54) is 12.8 Å². The van der Waals surface area contributed by atoms with Crippen LogP contribution in [0.2, 0.25) is 0 Å². The molecular formula is C16H27N3O2. The Labute approximate surface area is 127 Å². The average molecular weight is 293 g/mol. The lowest BCUT2D eigenvalue weighted by Gasteiger charge is -2.24. The second-order valence-electron chi connectivity index (χ2n) is 5.31. The number of amides is 1. The fourth-order valence-electron chi connectivity index (χ4n) is 2.02. The molecule has 1 atom stereocenters. The summed E-state index contributed by atoms with van der Waals surface area (Å²) in [5, 5.41) is 2.87. The summed E-state index contributed by atoms with van der Waals surface area (Å²) >= 11 is 0. The zero-order valence-corrected chi connectivity index (χ0v) is 13.5. The van der Waals surface area contributed by atoms with E-state index < -0.39 is 0 Å². The van der Waals surface area contributed by atoms with Gasteiger partial charge in [0.05, 0.1) is 24.5 Å². The molecule has 0 aromatic heterocycles. The van der Waals surface area contributed by atoms with Crippen LogP contribution in [0.1, 0.15) is 33.1 Å². The first-order valence-electron chi connectivity index (χ1n) is 7.44. The first-order valence-corrected chi connectivity index (χ1v) is 7.44. The van der Waals surface area contributed by atoms with E-state index in [4.69, 9.17) is 10.5 Å². The van der Waals surface area contributed by atoms with E-state index in [-0.39, 0.29) is 11.9 Å². The van der Waals surface area contributed by atoms with Gasteiger partial charge in [-0.15, -0.1) is 0 Å². The van der Waals surface area contributed by atoms with Crippen molar-refractivity contribution in [2.45, 2.75) is 39.2 Å². The molecule has 0 aliphatic rings. The summed E-state index contributed by atoms with van der Waals surface area (Å²) in [6.07, 6.45) is 3.47. The van der Waals surface area contributed by atoms with Crippen LogP contribution in [0, 0.1) is 0 Å². The van der Waals surface area contributed by atoms with E-state index in [1.54, 1.807) is 25.3 Å². The van der Waals surface area contributed by atoms with Crippen molar-refractivity contribution in [1.82, 2.24) is 4.90 Å². The largest absolute Gasteiger partial charge is 0.497 e. The number of nitrogens with one attached hydrogen (secondary N) is 1. The smallest absolute Gasteiger partial charge is 0.241 e. The van der Waals surface area contributed by atoms with Crippen LogP contribution >= 0.6 is 0 Å². The van der Waals surface area contributed by atoms with Gasteiger partial charge in [-0.3, -0.25) is 9.69 Å². The third-order valence-electron chi connectivity index (χ3n) is 3.67. The third kappa shape index (κ3) is 5.27. The highest BCUT2D eigenvalue weighted by molar-refractivity contribution is 5.97. The van der Waals surface area contributed by atoms with E-state index >= 15 is 0 Å². The summed E-state index contributed by atoms with van der Waals surface area (Å²) < 4.78 is 5.09. The Balaban J connectivity index is 2.59. The molecule has 3 N–H and O–H groups in total. The van der Waals surface area contributed by atoms with Crippen molar-refractivity contribution < 1.29 is 9.53 Å². The Morgan fingerprint density at radius 2 is 2.14 bits per heavy atom. The lowest BCUT2D eigenvalue weighted by atomic mass is 10.2. The molecule has 0 aliphatic heterocycles. The number of methoxy groups -OCH3 is 1. The van der Waals surface area contributed by atoms with Gasteiger partial charge in [0.15, 0.2) is 0 Å². The predicted molar refractivity (Wildman–Crippen MR) is 87.7 cm³/mol. The molecule has 1 rings (SSSR count). The molecule has 0 heterocycles. The van der Waals surface area contributed by atoms with Crippen LogP contribution < -0.4 is 15.8 Å². The van der Waals surface area contributed by atoms with Crippen molar-refractivity contribution in [3.05, 3.63) is 18.2 Å². The molecule has 118 valence electrons. The highest BCUT2D eigenvalue weighted by atomic mass is 16.5. The van der Waals surface area contributed by atoms with E-state index in [2.05, 4.69) is 17.1 Å². The molecule has 21 heavy (non-hydrogen) atoms. The highest BCUT2D eigenvalue weighted by Crippen LogP contribution is 2.24. The standard InChI is InChI=1S/C16H27N3O2/c1-5-6-7-10-19(3)12(2)16(20)18-15-9-8-13(21-4)11-14(15)17/h8-9,11-12H,5-7,10,17H2,1-4H3,(H,18,20). The molecule has 1 aromatic rings. The summed E-state index contributed by atoms with van der Waals surface area (Å²) in [5.74, 6) is 0.626. The number of ether oxygens (including phenoxy) is 1. The van der Waals surface area contributed by atoms with Gasteiger partial charge >= 0.3 is 0 Å². The average Bonchev–Trinajstić information content (AvgIpc) is 2.48. The molecule has 0 saturated heterocycles. The van der Waals surface area contributed by atoms with Crippen molar-refractivity contribution in [3.63, 3.8) is 0 Å². The molecule has 0 bridgehead atoms. The van der Waals surface area contributed by atoms with Gasteiger partial charge in [0.2, 0.25) is 5.91 Å². The summed E-state index contributed by atoms with van der Waals surface area (Å²) in [6, 6.07) is 5.05. The van der Waals surface area contributed by atoms with E-state index in [9.17, 15) is 4.79 Å². The number of hydrogen-bond acceptors (Lipinski definition) is 4. The molecular weight excluding hydrogens is 266 g/mol. The molecule has 0 saturated carbocycles. The Hall–Kier alpha value is -1.75. The van der Waals surface area contributed by atoms with Crippen molar-refractivity contribution in [2.75, 3.05) is 31.8 Å². The van der Waals surface area contributed by atoms with E-state index in [0.717, 1.165) is 13.0 Å². The van der Waals surface area contributed by atoms with Crippen LogP contribution in [0.4, 0.5) is 11.4 Å². The van der Waals surface area contributed by atoms with Gasteiger partial charge in [0.25, 0.3) is 0 Å². The number of carbonyl (C=O) groups is 1. The number of unbranched alkanes of at least 4 members (excludes halogenated alkanes) is 2. The number of carbonyl (C=O) groups excluding carboxylic acids is 1. The second-order valence-corrected chi connectivity index (χ2v) is 5.31. The topological polar surface area (TPSA) is 67.6 Å². The van der Waals surface area contributed by atoms with Crippen molar-refractivity contribution in [1.29, 1.82) is 0 Å². The zero-order chi connectivity index (χ0) is 15.8. The maximum atomic E-state index is 12.3. The van der Waals surface area contributed by atoms with Gasteiger partial charge < -0.3 is 15.8 Å². The van der Waals surface area contributed by atoms with Gasteiger partial charge in [-0.1, -0.05) is 19.8 Å². The first kappa shape index (κ1) is 17.3. The highest BCUT2D eigenvalue weighted by Gasteiger charge is 2.18. The Bertz CT molecular complexity index is 463. The maximum Gasteiger partial charge on any atom is 0.241 e. The number of anilines is 2. The maximum absolute atomic E-state index is 12.3. The van der Waals surface area contributed by atoms with Gasteiger partial charge in [0.1, 0.15) is 5.75 Å². The van der Waals surface area contributed by atoms with Crippen molar-refractivity contribution in [3.8, 4) is 5.75 Å². The summed E-state index contributed by atoms with van der Waals surface area (Å²) in [5.41, 5.74) is 7.03. The minimum atomic E-state index is -0.191. The number of nitrogens with zero attached hydrogens (tertiary/aromatic N) is 1. The molecule has 0 aliphatic carbocycles. The molecule has 0 fully saturated rings. The Morgan fingerprint density at radius 3 is 2.71 bits per heavy atom. The van der Waals surface area contributed by atoms with Crippen LogP contribution in [0.5, 0.6) is 5.75 Å². The second kappa shape index (κ2) is 8.52. The number of rotatable bonds is 8. The molecule has 1 unspecified atom stereocenters. The fourth-order valence-corrected chi connectivity index (χ4v) is 2.02. The van der Waals surface area contributed by atoms with Crippen LogP contribution in [-0.4, -0.2) is 37.6 Å². The van der Waals surface area contributed by atoms with Gasteiger partial charge in [0, 0.05) is 6.07 Å². The normalized spacial score (nSPS) is 12.2. The molecule has 0 spiro atoms. The van der Waals surface area contributed by atoms with Gasteiger partial charge in [-0.25, -0.2) is 0 Å². The number of nitrogens with two attached hydrogens (primary N) is 1. The summed E-state index contributed by atoms with van der Waals surface area (Å²) in [6.45, 7) is 4.99. The first-order chi connectivity index (χ1) is 9.99. The fraction of sp³-hybridized carbons (Fsp3) is 0.562. The van der Waals surface area contributed by atoms with E-state index in [1.807, 2.05) is 14.0 Å². The lowest BCUT2D eigenvalue weighted by molar-refractivity contribution is -0.120. The minimum Gasteiger partial charge on any atom is -0.497 e. The SMILES string of the molecule is CCCCCN(C)C(C)C(=O)Nc1ccc(OC)cc1N. The molecule has 5 nitrogen and oxygen atoms in total. The van der Waals surface area contributed by atoms with Crippen molar-refractivity contribution >= 4 is 17.3 Å². The molecule has 1 aromatic carbocycles. The minimum absolute atomic E-state index is 0.0501. The molecule has 0 radical (unpaired) electrons. The molecule has 5 heteroatoms. The molecule has 1 amide bonds. The van der Waals surface area contributed by atoms with E-state index in [0.29, 0.717) is 17.1 Å². The number of benzene rings is 1. The van der Waals surface area contributed by atoms with Crippen LogP contribution in [-0.2, 0) is 4.79 Å². The van der Waals surface area contributed by atoms with Crippen LogP contribution in [0.25, 0.3) is 0 Å². The summed E-state index contributed by atoms with van der Waals surface area (Å²) in [7, 11) is 3.55. The zero-order valence-electron chi connectivity index (χ0n) is 13.5. The van der Waals surface area contributed by atoms with Crippen molar-refractivity contribution in [2.24, 2.45) is 0 Å². The van der Waals surface area contributed by atoms with Gasteiger partial charge in [-0.05, 0) is 39.1 Å². The number of likely N-dealkylation sites (N-methyl/N-ethyl adjacent to an activating group) is 1. The van der Waals surface area contributed by atoms with Crippen LogP contribution in [0.3, 0.4) is 0 Å². The van der Waals surface area contributed by atoms with Crippen LogP contribution in [0.15, 0.2) is 18.2 Å². The monoisotopic (exact) mass is 293 g/mol. The predicted octanol–water partition coefficient (Wildman–Crippen LogP) is 2.73. The number of nitrogen functional groups attached to an aromatic ring is 1. The quantitative estimate of drug-likeness (QED) is 0.571.